The number of nitrogen functional groups attached to an aromatic ring is 1. The van der Waals surface area contributed by atoms with E-state index in [2.05, 4.69) is 33.2 Å². The summed E-state index contributed by atoms with van der Waals surface area (Å²) >= 11 is 0. The van der Waals surface area contributed by atoms with E-state index < -0.39 is 0 Å². The molecule has 0 aliphatic carbocycles. The molecule has 19 heavy (non-hydrogen) atoms. The van der Waals surface area contributed by atoms with Crippen molar-refractivity contribution in [1.82, 2.24) is 15.0 Å². The predicted molar refractivity (Wildman–Crippen MR) is 74.0 cm³/mol. The minimum atomic E-state index is 0.462. The van der Waals surface area contributed by atoms with Crippen LogP contribution in [0.5, 0.6) is 0 Å². The molecule has 1 aliphatic rings. The number of pyridine rings is 1. The summed E-state index contributed by atoms with van der Waals surface area (Å²) < 4.78 is 0. The minimum absolute atomic E-state index is 0.462. The normalized spacial score (nSPS) is 12.5. The van der Waals surface area contributed by atoms with Crippen LogP contribution >= 0.6 is 0 Å². The van der Waals surface area contributed by atoms with Crippen LogP contribution in [0.15, 0.2) is 42.7 Å². The molecule has 0 spiro atoms. The lowest BCUT2D eigenvalue weighted by molar-refractivity contribution is 1.05. The van der Waals surface area contributed by atoms with Gasteiger partial charge in [-0.05, 0) is 23.8 Å². The van der Waals surface area contributed by atoms with Gasteiger partial charge in [0.25, 0.3) is 0 Å². The van der Waals surface area contributed by atoms with Crippen molar-refractivity contribution >= 4 is 28.4 Å². The Morgan fingerprint density at radius 2 is 2.05 bits per heavy atom. The van der Waals surface area contributed by atoms with Crippen molar-refractivity contribution in [2.75, 3.05) is 10.6 Å². The summed E-state index contributed by atoms with van der Waals surface area (Å²) in [6.45, 7) is 0.767. The van der Waals surface area contributed by atoms with E-state index in [0.29, 0.717) is 5.82 Å². The van der Waals surface area contributed by atoms with E-state index in [-0.39, 0.29) is 0 Å². The van der Waals surface area contributed by atoms with Gasteiger partial charge in [0.05, 0.1) is 18.3 Å². The van der Waals surface area contributed by atoms with E-state index in [9.17, 15) is 0 Å². The van der Waals surface area contributed by atoms with E-state index in [4.69, 9.17) is 5.73 Å². The Morgan fingerprint density at radius 1 is 1.11 bits per heavy atom. The first-order valence-electron chi connectivity index (χ1n) is 6.05. The first-order chi connectivity index (χ1) is 9.31. The molecule has 0 unspecified atom stereocenters. The van der Waals surface area contributed by atoms with Crippen LogP contribution in [0.1, 0.15) is 5.56 Å². The standard InChI is InChI=1S/C14H11N5/c15-12-7-17-13-14(18-12)19(13)8-9-3-4-11-10(6-9)2-1-5-16-11/h1-7H,8H2,(H2,15,18). The largest absolute Gasteiger partial charge is 0.382 e. The Balaban J connectivity index is 1.63. The maximum Gasteiger partial charge on any atom is 0.180 e. The van der Waals surface area contributed by atoms with E-state index in [1.54, 1.807) is 12.4 Å². The molecule has 92 valence electrons. The van der Waals surface area contributed by atoms with E-state index in [1.807, 2.05) is 17.0 Å². The highest BCUT2D eigenvalue weighted by molar-refractivity contribution is 5.86. The van der Waals surface area contributed by atoms with Gasteiger partial charge in [0.1, 0.15) is 5.82 Å². The summed E-state index contributed by atoms with van der Waals surface area (Å²) in [5.41, 5.74) is 7.83. The topological polar surface area (TPSA) is 67.7 Å². The summed E-state index contributed by atoms with van der Waals surface area (Å²) in [4.78, 5) is 14.8. The lowest BCUT2D eigenvalue weighted by atomic mass is 10.1. The third-order valence-corrected chi connectivity index (χ3v) is 3.22. The van der Waals surface area contributed by atoms with E-state index in [0.717, 1.165) is 29.1 Å². The van der Waals surface area contributed by atoms with Crippen LogP contribution in [-0.4, -0.2) is 15.0 Å². The molecule has 0 bridgehead atoms. The number of fused-ring (bicyclic) bond motifs is 2. The molecular formula is C14H11N5. The number of hydrogen-bond acceptors (Lipinski definition) is 5. The number of hydrogen-bond donors (Lipinski definition) is 1. The Labute approximate surface area is 109 Å². The van der Waals surface area contributed by atoms with Crippen LogP contribution < -0.4 is 10.6 Å². The van der Waals surface area contributed by atoms with Crippen LogP contribution in [0.3, 0.4) is 0 Å². The van der Waals surface area contributed by atoms with Gasteiger partial charge in [0.15, 0.2) is 11.6 Å². The zero-order valence-corrected chi connectivity index (χ0v) is 10.1. The lowest BCUT2D eigenvalue weighted by Gasteiger charge is -2.04. The van der Waals surface area contributed by atoms with Crippen molar-refractivity contribution < 1.29 is 0 Å². The third-order valence-electron chi connectivity index (χ3n) is 3.22. The highest BCUT2D eigenvalue weighted by Crippen LogP contribution is 2.44. The minimum Gasteiger partial charge on any atom is -0.382 e. The third kappa shape index (κ3) is 1.67. The van der Waals surface area contributed by atoms with Crippen molar-refractivity contribution in [1.29, 1.82) is 0 Å². The van der Waals surface area contributed by atoms with Crippen LogP contribution in [0.25, 0.3) is 10.9 Å². The molecule has 0 fully saturated rings. The molecule has 5 nitrogen and oxygen atoms in total. The maximum absolute atomic E-state index is 5.61. The van der Waals surface area contributed by atoms with Gasteiger partial charge in [-0.3, -0.25) is 4.98 Å². The molecule has 1 aliphatic heterocycles. The van der Waals surface area contributed by atoms with Crippen molar-refractivity contribution in [3.05, 3.63) is 48.3 Å². The Hall–Kier alpha value is -2.69. The number of nitrogens with zero attached hydrogens (tertiary/aromatic N) is 4. The molecular weight excluding hydrogens is 238 g/mol. The number of rotatable bonds is 2. The first-order valence-corrected chi connectivity index (χ1v) is 6.05. The number of aromatic nitrogens is 3. The maximum atomic E-state index is 5.61. The van der Waals surface area contributed by atoms with Gasteiger partial charge in [-0.2, -0.15) is 0 Å². The second kappa shape index (κ2) is 3.65. The summed E-state index contributed by atoms with van der Waals surface area (Å²) in [7, 11) is 0. The monoisotopic (exact) mass is 249 g/mol. The second-order valence-electron chi connectivity index (χ2n) is 4.56. The van der Waals surface area contributed by atoms with Gasteiger partial charge in [-0.1, -0.05) is 12.1 Å². The molecule has 5 heteroatoms. The lowest BCUT2D eigenvalue weighted by Crippen LogP contribution is -2.00. The fourth-order valence-corrected chi connectivity index (χ4v) is 2.25. The fourth-order valence-electron chi connectivity index (χ4n) is 2.25. The molecule has 3 aromatic rings. The molecule has 2 N–H and O–H groups in total. The molecule has 4 rings (SSSR count). The average molecular weight is 249 g/mol. The van der Waals surface area contributed by atoms with Crippen LogP contribution in [0, 0.1) is 0 Å². The summed E-state index contributed by atoms with van der Waals surface area (Å²) in [6.07, 6.45) is 3.39. The fraction of sp³-hybridized carbons (Fsp3) is 0.0714. The Kier molecular flexibility index (Phi) is 1.97. The quantitative estimate of drug-likeness (QED) is 0.705. The van der Waals surface area contributed by atoms with Crippen molar-refractivity contribution in [2.45, 2.75) is 6.54 Å². The first kappa shape index (κ1) is 10.3. The van der Waals surface area contributed by atoms with Crippen LogP contribution in [-0.2, 0) is 6.54 Å². The van der Waals surface area contributed by atoms with Gasteiger partial charge < -0.3 is 10.6 Å². The van der Waals surface area contributed by atoms with Gasteiger partial charge in [0.2, 0.25) is 0 Å². The van der Waals surface area contributed by atoms with Gasteiger partial charge >= 0.3 is 0 Å². The molecule has 0 saturated heterocycles. The Morgan fingerprint density at radius 3 is 2.95 bits per heavy atom. The smallest absolute Gasteiger partial charge is 0.180 e. The molecule has 1 aromatic carbocycles. The summed E-state index contributed by atoms with van der Waals surface area (Å²) in [6, 6.07) is 10.3. The number of nitrogens with two attached hydrogens (primary N) is 1. The zero-order valence-electron chi connectivity index (χ0n) is 10.1. The van der Waals surface area contributed by atoms with Crippen molar-refractivity contribution in [2.24, 2.45) is 0 Å². The highest BCUT2D eigenvalue weighted by atomic mass is 15.4. The van der Waals surface area contributed by atoms with Gasteiger partial charge in [0, 0.05) is 11.6 Å². The van der Waals surface area contributed by atoms with Crippen LogP contribution in [0.4, 0.5) is 17.5 Å². The summed E-state index contributed by atoms with van der Waals surface area (Å²) in [5.74, 6) is 2.26. The van der Waals surface area contributed by atoms with E-state index in [1.165, 1.54) is 5.56 Å². The van der Waals surface area contributed by atoms with Crippen molar-refractivity contribution in [3.63, 3.8) is 0 Å². The molecule has 0 atom stereocenters. The second-order valence-corrected chi connectivity index (χ2v) is 4.56. The van der Waals surface area contributed by atoms with Crippen LogP contribution in [0.2, 0.25) is 0 Å². The Bertz CT molecular complexity index is 784. The number of benzene rings is 1. The van der Waals surface area contributed by atoms with Gasteiger partial charge in [-0.25, -0.2) is 9.97 Å². The average Bonchev–Trinajstić information content (AvgIpc) is 3.10. The highest BCUT2D eigenvalue weighted by Gasteiger charge is 2.33. The van der Waals surface area contributed by atoms with E-state index >= 15 is 0 Å². The molecule has 0 saturated carbocycles. The molecule has 3 heterocycles. The predicted octanol–water partition coefficient (Wildman–Crippen LogP) is 2.26. The zero-order chi connectivity index (χ0) is 12.8. The van der Waals surface area contributed by atoms with Gasteiger partial charge in [-0.15, -0.1) is 0 Å². The summed E-state index contributed by atoms with van der Waals surface area (Å²) in [5, 5.41) is 1.14. The SMILES string of the molecule is Nc1cnc2c(n1)N2Cc1ccc2ncccc2c1. The molecule has 0 amide bonds. The van der Waals surface area contributed by atoms with Crippen molar-refractivity contribution in [3.8, 4) is 0 Å². The molecule has 0 radical (unpaired) electrons. The number of anilines is 3. The molecule has 2 aromatic heterocycles.